The molecule has 2 amide bonds. The van der Waals surface area contributed by atoms with Gasteiger partial charge in [0.1, 0.15) is 11.2 Å². The van der Waals surface area contributed by atoms with Crippen molar-refractivity contribution in [1.82, 2.24) is 4.90 Å². The van der Waals surface area contributed by atoms with Crippen LogP contribution in [0.1, 0.15) is 36.0 Å². The molecule has 2 aromatic carbocycles. The molecule has 0 aromatic heterocycles. The van der Waals surface area contributed by atoms with Gasteiger partial charge >= 0.3 is 0 Å². The summed E-state index contributed by atoms with van der Waals surface area (Å²) in [5.41, 5.74) is 0.986. The number of rotatable bonds is 6. The number of ether oxygens (including phenoxy) is 1. The topological polar surface area (TPSA) is 82.4 Å². The van der Waals surface area contributed by atoms with Crippen molar-refractivity contribution in [1.29, 1.82) is 5.26 Å². The van der Waals surface area contributed by atoms with Crippen molar-refractivity contribution >= 4 is 29.3 Å². The van der Waals surface area contributed by atoms with Crippen molar-refractivity contribution in [2.75, 3.05) is 25.0 Å². The Hall–Kier alpha value is -2.98. The molecule has 0 spiro atoms. The quantitative estimate of drug-likeness (QED) is 0.568. The zero-order valence-corrected chi connectivity index (χ0v) is 16.9. The Morgan fingerprint density at radius 3 is 2.41 bits per heavy atom. The van der Waals surface area contributed by atoms with E-state index in [0.29, 0.717) is 17.0 Å². The monoisotopic (exact) mass is 409 g/mol. The van der Waals surface area contributed by atoms with Gasteiger partial charge in [0.15, 0.2) is 6.61 Å². The third-order valence-electron chi connectivity index (χ3n) is 4.72. The van der Waals surface area contributed by atoms with E-state index < -0.39 is 0 Å². The Morgan fingerprint density at radius 1 is 1.03 bits per heavy atom. The Kier molecular flexibility index (Phi) is 7.54. The molecule has 1 fully saturated rings. The normalized spacial score (nSPS) is 13.8. The standard InChI is InChI=1S/C22H23N3O3S/c23-16-29-18-11-9-17(10-12-18)24-22(27)19-7-3-4-8-20(19)28-15-21(26)25-13-5-1-2-6-14-25/h3-4,7-12H,1-2,5-6,13-15H2,(H,24,27). The summed E-state index contributed by atoms with van der Waals surface area (Å²) in [4.78, 5) is 27.8. The summed E-state index contributed by atoms with van der Waals surface area (Å²) < 4.78 is 5.71. The molecule has 7 heteroatoms. The van der Waals surface area contributed by atoms with Gasteiger partial charge < -0.3 is 15.0 Å². The van der Waals surface area contributed by atoms with Crippen LogP contribution in [-0.2, 0) is 4.79 Å². The summed E-state index contributed by atoms with van der Waals surface area (Å²) in [7, 11) is 0. The van der Waals surface area contributed by atoms with Gasteiger partial charge in [0, 0.05) is 23.7 Å². The maximum atomic E-state index is 12.7. The zero-order valence-electron chi connectivity index (χ0n) is 16.1. The van der Waals surface area contributed by atoms with Crippen LogP contribution in [0.25, 0.3) is 0 Å². The maximum absolute atomic E-state index is 12.7. The number of carbonyl (C=O) groups is 2. The first-order valence-electron chi connectivity index (χ1n) is 9.64. The molecule has 0 bridgehead atoms. The molecule has 0 saturated carbocycles. The molecule has 0 aliphatic carbocycles. The van der Waals surface area contributed by atoms with Crippen LogP contribution in [0.4, 0.5) is 5.69 Å². The van der Waals surface area contributed by atoms with E-state index in [1.807, 2.05) is 10.3 Å². The van der Waals surface area contributed by atoms with Crippen LogP contribution in [0.2, 0.25) is 0 Å². The van der Waals surface area contributed by atoms with Crippen LogP contribution in [0, 0.1) is 10.7 Å². The van der Waals surface area contributed by atoms with E-state index in [1.165, 1.54) is 0 Å². The molecular formula is C22H23N3O3S. The van der Waals surface area contributed by atoms with Crippen LogP contribution in [0.15, 0.2) is 53.4 Å². The summed E-state index contributed by atoms with van der Waals surface area (Å²) >= 11 is 1.06. The third-order valence-corrected chi connectivity index (χ3v) is 5.32. The number of anilines is 1. The smallest absolute Gasteiger partial charge is 0.260 e. The van der Waals surface area contributed by atoms with E-state index in [0.717, 1.165) is 55.4 Å². The van der Waals surface area contributed by atoms with Gasteiger partial charge in [0.05, 0.1) is 5.56 Å². The number of thiocyanates is 1. The molecule has 0 radical (unpaired) electrons. The Balaban J connectivity index is 1.62. The number of hydrogen-bond donors (Lipinski definition) is 1. The van der Waals surface area contributed by atoms with Crippen LogP contribution in [-0.4, -0.2) is 36.4 Å². The molecule has 150 valence electrons. The van der Waals surface area contributed by atoms with Gasteiger partial charge in [-0.3, -0.25) is 9.59 Å². The van der Waals surface area contributed by atoms with Crippen LogP contribution in [0.5, 0.6) is 5.75 Å². The van der Waals surface area contributed by atoms with Gasteiger partial charge in [-0.15, -0.1) is 0 Å². The summed E-state index contributed by atoms with van der Waals surface area (Å²) in [6, 6.07) is 13.9. The molecule has 1 heterocycles. The van der Waals surface area contributed by atoms with Crippen molar-refractivity contribution in [3.8, 4) is 11.2 Å². The van der Waals surface area contributed by atoms with Gasteiger partial charge in [-0.1, -0.05) is 25.0 Å². The van der Waals surface area contributed by atoms with E-state index in [-0.39, 0.29) is 18.4 Å². The SMILES string of the molecule is N#CSc1ccc(NC(=O)c2ccccc2OCC(=O)N2CCCCCC2)cc1. The lowest BCUT2D eigenvalue weighted by Gasteiger charge is -2.20. The second-order valence-electron chi connectivity index (χ2n) is 6.75. The second kappa shape index (κ2) is 10.5. The summed E-state index contributed by atoms with van der Waals surface area (Å²) in [5.74, 6) is 0.0148. The van der Waals surface area contributed by atoms with Gasteiger partial charge in [-0.2, -0.15) is 5.26 Å². The van der Waals surface area contributed by atoms with Gasteiger partial charge in [0.2, 0.25) is 0 Å². The highest BCUT2D eigenvalue weighted by Gasteiger charge is 2.18. The third kappa shape index (κ3) is 6.00. The summed E-state index contributed by atoms with van der Waals surface area (Å²) in [6.07, 6.45) is 4.36. The fraction of sp³-hybridized carbons (Fsp3) is 0.318. The average Bonchev–Trinajstić information content (AvgIpc) is 3.03. The fourth-order valence-corrected chi connectivity index (χ4v) is 3.57. The van der Waals surface area contributed by atoms with Crippen molar-refractivity contribution in [3.63, 3.8) is 0 Å². The van der Waals surface area contributed by atoms with E-state index in [1.54, 1.807) is 48.5 Å². The number of likely N-dealkylation sites (tertiary alicyclic amines) is 1. The van der Waals surface area contributed by atoms with E-state index in [9.17, 15) is 9.59 Å². The number of nitrogens with zero attached hydrogens (tertiary/aromatic N) is 2. The van der Waals surface area contributed by atoms with Gasteiger partial charge in [-0.05, 0) is 61.0 Å². The molecule has 0 atom stereocenters. The lowest BCUT2D eigenvalue weighted by Crippen LogP contribution is -2.35. The molecule has 1 aliphatic heterocycles. The highest BCUT2D eigenvalue weighted by molar-refractivity contribution is 8.03. The number of nitriles is 1. The number of para-hydroxylation sites is 1. The number of thioether (sulfide) groups is 1. The summed E-state index contributed by atoms with van der Waals surface area (Å²) in [6.45, 7) is 1.46. The molecule has 1 N–H and O–H groups in total. The molecule has 0 unspecified atom stereocenters. The van der Waals surface area contributed by atoms with Crippen molar-refractivity contribution < 1.29 is 14.3 Å². The molecule has 3 rings (SSSR count). The molecule has 1 aliphatic rings. The van der Waals surface area contributed by atoms with Crippen LogP contribution < -0.4 is 10.1 Å². The first kappa shape index (κ1) is 20.7. The van der Waals surface area contributed by atoms with Gasteiger partial charge in [-0.25, -0.2) is 0 Å². The lowest BCUT2D eigenvalue weighted by molar-refractivity contribution is -0.133. The van der Waals surface area contributed by atoms with E-state index in [2.05, 4.69) is 5.32 Å². The van der Waals surface area contributed by atoms with E-state index >= 15 is 0 Å². The van der Waals surface area contributed by atoms with Crippen LogP contribution >= 0.6 is 11.8 Å². The Bertz CT molecular complexity index is 885. The molecule has 29 heavy (non-hydrogen) atoms. The van der Waals surface area contributed by atoms with E-state index in [4.69, 9.17) is 10.00 Å². The lowest BCUT2D eigenvalue weighted by atomic mass is 10.2. The largest absolute Gasteiger partial charge is 0.483 e. The molecule has 2 aromatic rings. The molecule has 1 saturated heterocycles. The first-order chi connectivity index (χ1) is 14.2. The van der Waals surface area contributed by atoms with Crippen molar-refractivity contribution in [2.45, 2.75) is 30.6 Å². The zero-order chi connectivity index (χ0) is 20.5. The molecule has 6 nitrogen and oxygen atoms in total. The highest BCUT2D eigenvalue weighted by atomic mass is 32.2. The minimum atomic E-state index is -0.316. The van der Waals surface area contributed by atoms with Crippen molar-refractivity contribution in [2.24, 2.45) is 0 Å². The van der Waals surface area contributed by atoms with Crippen molar-refractivity contribution in [3.05, 3.63) is 54.1 Å². The van der Waals surface area contributed by atoms with Gasteiger partial charge in [0.25, 0.3) is 11.8 Å². The first-order valence-corrected chi connectivity index (χ1v) is 10.5. The highest BCUT2D eigenvalue weighted by Crippen LogP contribution is 2.22. The number of benzene rings is 2. The fourth-order valence-electron chi connectivity index (χ4n) is 3.19. The Morgan fingerprint density at radius 2 is 1.72 bits per heavy atom. The Labute approximate surface area is 174 Å². The predicted octanol–water partition coefficient (Wildman–Crippen LogP) is 4.29. The number of carbonyl (C=O) groups excluding carboxylic acids is 2. The second-order valence-corrected chi connectivity index (χ2v) is 7.61. The number of nitrogens with one attached hydrogen (secondary N) is 1. The minimum Gasteiger partial charge on any atom is -0.483 e. The summed E-state index contributed by atoms with van der Waals surface area (Å²) in [5, 5.41) is 13.5. The number of amides is 2. The van der Waals surface area contributed by atoms with Crippen LogP contribution in [0.3, 0.4) is 0 Å². The minimum absolute atomic E-state index is 0.0484. The molecular weight excluding hydrogens is 386 g/mol. The predicted molar refractivity (Wildman–Crippen MR) is 113 cm³/mol. The average molecular weight is 410 g/mol. The maximum Gasteiger partial charge on any atom is 0.260 e. The number of hydrogen-bond acceptors (Lipinski definition) is 5.